The van der Waals surface area contributed by atoms with Crippen LogP contribution in [0, 0.1) is 0 Å². The van der Waals surface area contributed by atoms with Crippen molar-refractivity contribution in [1.29, 1.82) is 0 Å². The molecular weight excluding hydrogens is 233 g/mol. The van der Waals surface area contributed by atoms with Gasteiger partial charge >= 0.3 is 6.18 Å². The Bertz CT molecular complexity index is 336. The van der Waals surface area contributed by atoms with E-state index in [0.717, 1.165) is 0 Å². The van der Waals surface area contributed by atoms with Gasteiger partial charge in [-0.1, -0.05) is 0 Å². The standard InChI is InChI=1S/C11H15F3N2O/c1-8(15)10-4-3-9(7-16-10)17-6-2-5-11(12,13)14/h3-4,7-8H,2,5-6,15H2,1H3. The molecule has 6 heteroatoms. The molecule has 0 aliphatic rings. The summed E-state index contributed by atoms with van der Waals surface area (Å²) in [4.78, 5) is 4.03. The molecule has 0 saturated heterocycles. The summed E-state index contributed by atoms with van der Waals surface area (Å²) in [7, 11) is 0. The van der Waals surface area contributed by atoms with Gasteiger partial charge in [0.15, 0.2) is 0 Å². The molecule has 1 aromatic rings. The number of pyridine rings is 1. The summed E-state index contributed by atoms with van der Waals surface area (Å²) < 4.78 is 40.7. The SMILES string of the molecule is CC(N)c1ccc(OCCCC(F)(F)F)cn1. The Hall–Kier alpha value is -1.30. The van der Waals surface area contributed by atoms with Crippen molar-refractivity contribution in [2.45, 2.75) is 32.0 Å². The van der Waals surface area contributed by atoms with E-state index in [2.05, 4.69) is 4.98 Å². The third kappa shape index (κ3) is 5.53. The normalized spacial score (nSPS) is 13.5. The molecule has 3 nitrogen and oxygen atoms in total. The van der Waals surface area contributed by atoms with Crippen LogP contribution in [-0.4, -0.2) is 17.8 Å². The minimum absolute atomic E-state index is 0.0265. The number of hydrogen-bond donors (Lipinski definition) is 1. The zero-order valence-electron chi connectivity index (χ0n) is 9.50. The van der Waals surface area contributed by atoms with Gasteiger partial charge in [0.25, 0.3) is 0 Å². The van der Waals surface area contributed by atoms with E-state index in [0.29, 0.717) is 11.4 Å². The van der Waals surface area contributed by atoms with Crippen LogP contribution < -0.4 is 10.5 Å². The summed E-state index contributed by atoms with van der Waals surface area (Å²) in [6.45, 7) is 1.82. The van der Waals surface area contributed by atoms with Gasteiger partial charge in [0, 0.05) is 12.5 Å². The van der Waals surface area contributed by atoms with E-state index in [1.165, 1.54) is 6.20 Å². The molecule has 1 heterocycles. The van der Waals surface area contributed by atoms with Gasteiger partial charge in [-0.3, -0.25) is 4.98 Å². The predicted octanol–water partition coefficient (Wildman–Crippen LogP) is 2.82. The Morgan fingerprint density at radius 3 is 2.59 bits per heavy atom. The van der Waals surface area contributed by atoms with E-state index in [1.54, 1.807) is 19.1 Å². The van der Waals surface area contributed by atoms with E-state index < -0.39 is 12.6 Å². The third-order valence-electron chi connectivity index (χ3n) is 2.10. The third-order valence-corrected chi connectivity index (χ3v) is 2.10. The molecule has 0 fully saturated rings. The maximum Gasteiger partial charge on any atom is 0.389 e. The largest absolute Gasteiger partial charge is 0.492 e. The fraction of sp³-hybridized carbons (Fsp3) is 0.545. The highest BCUT2D eigenvalue weighted by atomic mass is 19.4. The Morgan fingerprint density at radius 2 is 2.12 bits per heavy atom. The van der Waals surface area contributed by atoms with Crippen molar-refractivity contribution >= 4 is 0 Å². The molecule has 0 aliphatic heterocycles. The van der Waals surface area contributed by atoms with Gasteiger partial charge in [-0.2, -0.15) is 13.2 Å². The highest BCUT2D eigenvalue weighted by Crippen LogP contribution is 2.21. The first-order valence-corrected chi connectivity index (χ1v) is 5.29. The number of ether oxygens (including phenoxy) is 1. The molecule has 1 aromatic heterocycles. The first-order valence-electron chi connectivity index (χ1n) is 5.29. The molecular formula is C11H15F3N2O. The molecule has 0 aromatic carbocycles. The summed E-state index contributed by atoms with van der Waals surface area (Å²) in [6.07, 6.45) is -3.55. The Labute approximate surface area is 97.8 Å². The summed E-state index contributed by atoms with van der Waals surface area (Å²) in [5.41, 5.74) is 6.32. The van der Waals surface area contributed by atoms with Crippen LogP contribution in [0.5, 0.6) is 5.75 Å². The van der Waals surface area contributed by atoms with Crippen molar-refractivity contribution in [2.75, 3.05) is 6.61 Å². The molecule has 0 spiro atoms. The van der Waals surface area contributed by atoms with Crippen LogP contribution >= 0.6 is 0 Å². The van der Waals surface area contributed by atoms with Crippen molar-refractivity contribution in [1.82, 2.24) is 4.98 Å². The van der Waals surface area contributed by atoms with E-state index in [1.807, 2.05) is 0 Å². The summed E-state index contributed by atoms with van der Waals surface area (Å²) >= 11 is 0. The second-order valence-corrected chi connectivity index (χ2v) is 3.77. The van der Waals surface area contributed by atoms with Crippen LogP contribution in [0.25, 0.3) is 0 Å². The predicted molar refractivity (Wildman–Crippen MR) is 57.6 cm³/mol. The van der Waals surface area contributed by atoms with E-state index >= 15 is 0 Å². The van der Waals surface area contributed by atoms with Gasteiger partial charge in [-0.25, -0.2) is 0 Å². The van der Waals surface area contributed by atoms with Gasteiger partial charge in [0.1, 0.15) is 5.75 Å². The van der Waals surface area contributed by atoms with Gasteiger partial charge in [-0.05, 0) is 25.5 Å². The highest BCUT2D eigenvalue weighted by Gasteiger charge is 2.26. The lowest BCUT2D eigenvalue weighted by molar-refractivity contribution is -0.136. The fourth-order valence-corrected chi connectivity index (χ4v) is 1.21. The maximum atomic E-state index is 11.8. The van der Waals surface area contributed by atoms with Gasteiger partial charge < -0.3 is 10.5 Å². The number of hydrogen-bond acceptors (Lipinski definition) is 3. The molecule has 1 unspecified atom stereocenters. The lowest BCUT2D eigenvalue weighted by Crippen LogP contribution is -2.10. The van der Waals surface area contributed by atoms with Crippen molar-refractivity contribution in [3.05, 3.63) is 24.0 Å². The molecule has 1 atom stereocenters. The average molecular weight is 248 g/mol. The quantitative estimate of drug-likeness (QED) is 0.815. The Morgan fingerprint density at radius 1 is 1.41 bits per heavy atom. The number of halogens is 3. The molecule has 1 rings (SSSR count). The average Bonchev–Trinajstić information content (AvgIpc) is 2.24. The van der Waals surface area contributed by atoms with E-state index in [9.17, 15) is 13.2 Å². The first kappa shape index (κ1) is 13.8. The van der Waals surface area contributed by atoms with Crippen LogP contribution in [0.15, 0.2) is 18.3 Å². The Kier molecular flexibility index (Phi) is 4.74. The zero-order chi connectivity index (χ0) is 12.9. The number of nitrogens with zero attached hydrogens (tertiary/aromatic N) is 1. The zero-order valence-corrected chi connectivity index (χ0v) is 9.50. The molecule has 0 radical (unpaired) electrons. The summed E-state index contributed by atoms with van der Waals surface area (Å²) in [5.74, 6) is 0.455. The number of rotatable bonds is 5. The number of aromatic nitrogens is 1. The Balaban J connectivity index is 2.33. The van der Waals surface area contributed by atoms with Crippen molar-refractivity contribution in [2.24, 2.45) is 5.73 Å². The van der Waals surface area contributed by atoms with Crippen molar-refractivity contribution in [3.8, 4) is 5.75 Å². The molecule has 2 N–H and O–H groups in total. The second kappa shape index (κ2) is 5.86. The smallest absolute Gasteiger partial charge is 0.389 e. The van der Waals surface area contributed by atoms with Crippen LogP contribution in [0.2, 0.25) is 0 Å². The lowest BCUT2D eigenvalue weighted by atomic mass is 10.2. The second-order valence-electron chi connectivity index (χ2n) is 3.77. The van der Waals surface area contributed by atoms with Crippen LogP contribution in [0.3, 0.4) is 0 Å². The van der Waals surface area contributed by atoms with Crippen LogP contribution in [-0.2, 0) is 0 Å². The maximum absolute atomic E-state index is 11.8. The van der Waals surface area contributed by atoms with Crippen LogP contribution in [0.4, 0.5) is 13.2 Å². The molecule has 0 amide bonds. The van der Waals surface area contributed by atoms with E-state index in [-0.39, 0.29) is 19.1 Å². The van der Waals surface area contributed by atoms with Crippen molar-refractivity contribution in [3.63, 3.8) is 0 Å². The number of nitrogens with two attached hydrogens (primary N) is 1. The van der Waals surface area contributed by atoms with Crippen molar-refractivity contribution < 1.29 is 17.9 Å². The monoisotopic (exact) mass is 248 g/mol. The molecule has 0 saturated carbocycles. The van der Waals surface area contributed by atoms with E-state index in [4.69, 9.17) is 10.5 Å². The topological polar surface area (TPSA) is 48.1 Å². The molecule has 0 aliphatic carbocycles. The minimum Gasteiger partial charge on any atom is -0.492 e. The first-order chi connectivity index (χ1) is 7.88. The van der Waals surface area contributed by atoms with Gasteiger partial charge in [-0.15, -0.1) is 0 Å². The molecule has 17 heavy (non-hydrogen) atoms. The fourth-order valence-electron chi connectivity index (χ4n) is 1.21. The number of alkyl halides is 3. The molecule has 96 valence electrons. The minimum atomic E-state index is -4.12. The highest BCUT2D eigenvalue weighted by molar-refractivity contribution is 5.21. The van der Waals surface area contributed by atoms with Gasteiger partial charge in [0.05, 0.1) is 18.5 Å². The summed E-state index contributed by atoms with van der Waals surface area (Å²) in [5, 5.41) is 0. The molecule has 0 bridgehead atoms. The lowest BCUT2D eigenvalue weighted by Gasteiger charge is -2.09. The summed E-state index contributed by atoms with van der Waals surface area (Å²) in [6, 6.07) is 3.18. The van der Waals surface area contributed by atoms with Gasteiger partial charge in [0.2, 0.25) is 0 Å². The van der Waals surface area contributed by atoms with Crippen LogP contribution in [0.1, 0.15) is 31.5 Å².